The summed E-state index contributed by atoms with van der Waals surface area (Å²) in [5.74, 6) is 0. The zero-order valence-corrected chi connectivity index (χ0v) is 9.28. The van der Waals surface area contributed by atoms with Gasteiger partial charge in [-0.25, -0.2) is 0 Å². The van der Waals surface area contributed by atoms with Crippen molar-refractivity contribution in [2.24, 2.45) is 0 Å². The van der Waals surface area contributed by atoms with Gasteiger partial charge >= 0.3 is 0 Å². The largest absolute Gasteiger partial charge is 0.255 e. The number of fused-ring (bicyclic) bond motifs is 3. The van der Waals surface area contributed by atoms with E-state index in [0.29, 0.717) is 0 Å². The summed E-state index contributed by atoms with van der Waals surface area (Å²) >= 11 is 0. The van der Waals surface area contributed by atoms with Crippen LogP contribution in [0, 0.1) is 6.92 Å². The van der Waals surface area contributed by atoms with Crippen molar-refractivity contribution >= 4 is 0 Å². The highest BCUT2D eigenvalue weighted by Gasteiger charge is 2.35. The Morgan fingerprint density at radius 3 is 2.73 bits per heavy atom. The van der Waals surface area contributed by atoms with Crippen LogP contribution < -0.4 is 0 Å². The highest BCUT2D eigenvalue weighted by atomic mass is 15.3. The molecule has 0 unspecified atom stereocenters. The molecule has 1 aromatic carbocycles. The van der Waals surface area contributed by atoms with E-state index in [1.54, 1.807) is 0 Å². The lowest BCUT2D eigenvalue weighted by Crippen LogP contribution is -2.24. The summed E-state index contributed by atoms with van der Waals surface area (Å²) in [6, 6.07) is 10.7. The fourth-order valence-electron chi connectivity index (χ4n) is 2.47. The van der Waals surface area contributed by atoms with Crippen molar-refractivity contribution in [3.8, 4) is 11.3 Å². The highest BCUT2D eigenvalue weighted by molar-refractivity contribution is 5.70. The van der Waals surface area contributed by atoms with Gasteiger partial charge in [0, 0.05) is 5.56 Å². The van der Waals surface area contributed by atoms with Gasteiger partial charge in [-0.15, -0.1) is 0 Å². The van der Waals surface area contributed by atoms with E-state index in [-0.39, 0.29) is 5.54 Å². The SMILES string of the molecule is Cc1cc2n(n1)C(C)(C)c1ccccc1-2. The second kappa shape index (κ2) is 2.51. The standard InChI is InChI=1S/C13H14N2/c1-9-8-12-10-6-4-5-7-11(10)13(2,3)15(12)14-9/h4-8H,1-3H3. The molecule has 0 radical (unpaired) electrons. The van der Waals surface area contributed by atoms with Crippen LogP contribution >= 0.6 is 0 Å². The molecule has 76 valence electrons. The molecule has 0 saturated heterocycles. The molecule has 2 nitrogen and oxygen atoms in total. The van der Waals surface area contributed by atoms with Gasteiger partial charge < -0.3 is 0 Å². The Kier molecular flexibility index (Phi) is 1.46. The Hall–Kier alpha value is -1.57. The molecule has 3 rings (SSSR count). The van der Waals surface area contributed by atoms with Crippen molar-refractivity contribution in [1.29, 1.82) is 0 Å². The quantitative estimate of drug-likeness (QED) is 0.636. The molecule has 0 aliphatic carbocycles. The van der Waals surface area contributed by atoms with E-state index in [1.807, 2.05) is 6.92 Å². The number of rotatable bonds is 0. The van der Waals surface area contributed by atoms with Crippen LogP contribution in [0.4, 0.5) is 0 Å². The fourth-order valence-corrected chi connectivity index (χ4v) is 2.47. The fraction of sp³-hybridized carbons (Fsp3) is 0.308. The number of aromatic nitrogens is 2. The average molecular weight is 198 g/mol. The number of hydrogen-bond acceptors (Lipinski definition) is 1. The van der Waals surface area contributed by atoms with Crippen LogP contribution in [0.2, 0.25) is 0 Å². The number of benzene rings is 1. The Morgan fingerprint density at radius 1 is 1.20 bits per heavy atom. The van der Waals surface area contributed by atoms with Gasteiger partial charge in [0.25, 0.3) is 0 Å². The molecular formula is C13H14N2. The predicted molar refractivity (Wildman–Crippen MR) is 60.8 cm³/mol. The second-order valence-corrected chi connectivity index (χ2v) is 4.69. The summed E-state index contributed by atoms with van der Waals surface area (Å²) in [7, 11) is 0. The topological polar surface area (TPSA) is 17.8 Å². The molecule has 1 aliphatic rings. The average Bonchev–Trinajstić information content (AvgIpc) is 2.68. The lowest BCUT2D eigenvalue weighted by molar-refractivity contribution is 0.411. The molecule has 2 heterocycles. The Labute approximate surface area is 89.5 Å². The van der Waals surface area contributed by atoms with Gasteiger partial charge in [-0.05, 0) is 32.4 Å². The van der Waals surface area contributed by atoms with Gasteiger partial charge in [-0.2, -0.15) is 5.10 Å². The zero-order valence-electron chi connectivity index (χ0n) is 9.28. The number of aryl methyl sites for hydroxylation is 1. The molecule has 0 atom stereocenters. The number of nitrogens with zero attached hydrogens (tertiary/aromatic N) is 2. The van der Waals surface area contributed by atoms with Crippen LogP contribution in [0.1, 0.15) is 25.1 Å². The molecule has 0 bridgehead atoms. The lowest BCUT2D eigenvalue weighted by Gasteiger charge is -2.21. The van der Waals surface area contributed by atoms with E-state index in [0.717, 1.165) is 5.69 Å². The molecular weight excluding hydrogens is 184 g/mol. The van der Waals surface area contributed by atoms with Crippen LogP contribution in [0.25, 0.3) is 11.3 Å². The summed E-state index contributed by atoms with van der Waals surface area (Å²) in [6.45, 7) is 6.48. The van der Waals surface area contributed by atoms with Crippen LogP contribution in [-0.2, 0) is 5.54 Å². The maximum absolute atomic E-state index is 4.58. The van der Waals surface area contributed by atoms with E-state index in [2.05, 4.69) is 54.0 Å². The third-order valence-corrected chi connectivity index (χ3v) is 3.22. The molecule has 0 fully saturated rings. The Morgan fingerprint density at radius 2 is 1.93 bits per heavy atom. The van der Waals surface area contributed by atoms with Crippen molar-refractivity contribution in [2.45, 2.75) is 26.3 Å². The van der Waals surface area contributed by atoms with Gasteiger partial charge in [0.15, 0.2) is 0 Å². The Balaban J connectivity index is 2.40. The first-order valence-electron chi connectivity index (χ1n) is 5.28. The maximum atomic E-state index is 4.58. The Bertz CT molecular complexity index is 535. The van der Waals surface area contributed by atoms with Crippen molar-refractivity contribution in [1.82, 2.24) is 9.78 Å². The molecule has 2 heteroatoms. The smallest absolute Gasteiger partial charge is 0.0833 e. The van der Waals surface area contributed by atoms with E-state index in [4.69, 9.17) is 0 Å². The maximum Gasteiger partial charge on any atom is 0.0833 e. The van der Waals surface area contributed by atoms with Crippen molar-refractivity contribution in [3.63, 3.8) is 0 Å². The molecule has 1 aliphatic heterocycles. The van der Waals surface area contributed by atoms with Crippen molar-refractivity contribution in [2.75, 3.05) is 0 Å². The molecule has 1 aromatic heterocycles. The molecule has 2 aromatic rings. The first-order valence-corrected chi connectivity index (χ1v) is 5.28. The summed E-state index contributed by atoms with van der Waals surface area (Å²) in [5.41, 5.74) is 5.01. The van der Waals surface area contributed by atoms with Gasteiger partial charge in [0.1, 0.15) is 0 Å². The molecule has 15 heavy (non-hydrogen) atoms. The lowest BCUT2D eigenvalue weighted by atomic mass is 9.93. The van der Waals surface area contributed by atoms with E-state index in [9.17, 15) is 0 Å². The van der Waals surface area contributed by atoms with E-state index < -0.39 is 0 Å². The summed E-state index contributed by atoms with van der Waals surface area (Å²) in [4.78, 5) is 0. The van der Waals surface area contributed by atoms with Gasteiger partial charge in [0.05, 0.1) is 16.9 Å². The third-order valence-electron chi connectivity index (χ3n) is 3.22. The summed E-state index contributed by atoms with van der Waals surface area (Å²) in [6.07, 6.45) is 0. The number of hydrogen-bond donors (Lipinski definition) is 0. The zero-order chi connectivity index (χ0) is 10.6. The molecule has 0 N–H and O–H groups in total. The monoisotopic (exact) mass is 198 g/mol. The third kappa shape index (κ3) is 0.965. The van der Waals surface area contributed by atoms with Gasteiger partial charge in [-0.1, -0.05) is 24.3 Å². The van der Waals surface area contributed by atoms with Gasteiger partial charge in [0.2, 0.25) is 0 Å². The normalized spacial score (nSPS) is 16.2. The van der Waals surface area contributed by atoms with Crippen LogP contribution in [-0.4, -0.2) is 9.78 Å². The summed E-state index contributed by atoms with van der Waals surface area (Å²) in [5, 5.41) is 4.58. The molecule has 0 amide bonds. The second-order valence-electron chi connectivity index (χ2n) is 4.69. The molecule has 0 spiro atoms. The predicted octanol–water partition coefficient (Wildman–Crippen LogP) is 2.96. The molecule has 0 saturated carbocycles. The minimum Gasteiger partial charge on any atom is -0.255 e. The van der Waals surface area contributed by atoms with E-state index in [1.165, 1.54) is 16.8 Å². The van der Waals surface area contributed by atoms with Crippen molar-refractivity contribution in [3.05, 3.63) is 41.6 Å². The first kappa shape index (κ1) is 8.72. The minimum atomic E-state index is -0.0137. The highest BCUT2D eigenvalue weighted by Crippen LogP contribution is 2.42. The minimum absolute atomic E-state index is 0.0137. The van der Waals surface area contributed by atoms with Crippen LogP contribution in [0.15, 0.2) is 30.3 Å². The van der Waals surface area contributed by atoms with Crippen molar-refractivity contribution < 1.29 is 0 Å². The first-order chi connectivity index (χ1) is 7.10. The van der Waals surface area contributed by atoms with Crippen LogP contribution in [0.5, 0.6) is 0 Å². The van der Waals surface area contributed by atoms with Gasteiger partial charge in [-0.3, -0.25) is 4.68 Å². The van der Waals surface area contributed by atoms with E-state index >= 15 is 0 Å². The summed E-state index contributed by atoms with van der Waals surface area (Å²) < 4.78 is 2.13. The van der Waals surface area contributed by atoms with Crippen LogP contribution in [0.3, 0.4) is 0 Å².